The van der Waals surface area contributed by atoms with E-state index >= 15 is 0 Å². The molecule has 0 radical (unpaired) electrons. The van der Waals surface area contributed by atoms with Gasteiger partial charge in [0.1, 0.15) is 11.6 Å². The van der Waals surface area contributed by atoms with Gasteiger partial charge >= 0.3 is 0 Å². The number of nitrogens with zero attached hydrogens (tertiary/aromatic N) is 3. The molecule has 0 spiro atoms. The third-order valence-corrected chi connectivity index (χ3v) is 5.87. The monoisotopic (exact) mass is 452 g/mol. The number of ketones is 1. The first-order valence-electron chi connectivity index (χ1n) is 10.6. The predicted molar refractivity (Wildman–Crippen MR) is 127 cm³/mol. The van der Waals surface area contributed by atoms with Crippen molar-refractivity contribution < 1.29 is 9.53 Å². The molecule has 0 amide bonds. The van der Waals surface area contributed by atoms with Crippen LogP contribution in [0.15, 0.2) is 41.3 Å². The lowest BCUT2D eigenvalue weighted by atomic mass is 9.91. The van der Waals surface area contributed by atoms with Crippen molar-refractivity contribution in [1.29, 1.82) is 0 Å². The van der Waals surface area contributed by atoms with Crippen LogP contribution in [-0.2, 0) is 11.8 Å². The number of halogens is 1. The maximum absolute atomic E-state index is 12.5. The molecule has 4 rings (SSSR count). The van der Waals surface area contributed by atoms with E-state index in [0.717, 1.165) is 41.4 Å². The number of carbonyl (C=O) groups is 1. The van der Waals surface area contributed by atoms with Crippen LogP contribution in [0.25, 0.3) is 16.5 Å². The van der Waals surface area contributed by atoms with Gasteiger partial charge in [0.05, 0.1) is 11.7 Å². The van der Waals surface area contributed by atoms with Gasteiger partial charge in [0.2, 0.25) is 0 Å². The second-order valence-electron chi connectivity index (χ2n) is 8.26. The lowest BCUT2D eigenvalue weighted by Crippen LogP contribution is -2.21. The Bertz CT molecular complexity index is 1280. The summed E-state index contributed by atoms with van der Waals surface area (Å²) >= 11 is 6.36. The van der Waals surface area contributed by atoms with E-state index in [0.29, 0.717) is 22.6 Å². The molecule has 0 saturated heterocycles. The zero-order valence-corrected chi connectivity index (χ0v) is 19.1. The number of fused-ring (bicyclic) bond motifs is 1. The summed E-state index contributed by atoms with van der Waals surface area (Å²) in [7, 11) is 1.67. The normalized spacial score (nSPS) is 16.0. The third-order valence-electron chi connectivity index (χ3n) is 5.59. The fraction of sp³-hybridized carbons (Fsp3) is 0.333. The second kappa shape index (κ2) is 9.12. The smallest absolute Gasteiger partial charge is 0.293 e. The predicted octanol–water partition coefficient (Wildman–Crippen LogP) is 4.90. The number of pyridine rings is 1. The number of anilines is 2. The number of carbonyl (C=O) groups excluding carboxylic acids is 1. The van der Waals surface area contributed by atoms with E-state index < -0.39 is 0 Å². The maximum atomic E-state index is 12.5. The number of allylic oxidation sites excluding steroid dienone is 2. The number of nitrogens with one attached hydrogen (secondary N) is 1. The van der Waals surface area contributed by atoms with Crippen LogP contribution >= 0.6 is 11.6 Å². The molecule has 1 aliphatic carbocycles. The highest BCUT2D eigenvalue weighted by atomic mass is 35.5. The summed E-state index contributed by atoms with van der Waals surface area (Å²) in [6.45, 7) is 3.51. The second-order valence-corrected chi connectivity index (χ2v) is 8.67. The number of hydrogen-bond donors (Lipinski definition) is 1. The van der Waals surface area contributed by atoms with E-state index in [1.54, 1.807) is 19.3 Å². The zero-order chi connectivity index (χ0) is 22.8. The van der Waals surface area contributed by atoms with Gasteiger partial charge in [-0.3, -0.25) is 9.59 Å². The van der Waals surface area contributed by atoms with Crippen LogP contribution in [-0.4, -0.2) is 26.9 Å². The first kappa shape index (κ1) is 22.0. The van der Waals surface area contributed by atoms with Crippen molar-refractivity contribution in [3.63, 3.8) is 0 Å². The third kappa shape index (κ3) is 4.67. The Morgan fingerprint density at radius 3 is 2.88 bits per heavy atom. The summed E-state index contributed by atoms with van der Waals surface area (Å²) in [5.41, 5.74) is 2.35. The van der Waals surface area contributed by atoms with E-state index in [2.05, 4.69) is 28.3 Å². The van der Waals surface area contributed by atoms with Crippen LogP contribution in [0.1, 0.15) is 38.9 Å². The maximum Gasteiger partial charge on any atom is 0.293 e. The fourth-order valence-electron chi connectivity index (χ4n) is 3.73. The summed E-state index contributed by atoms with van der Waals surface area (Å²) < 4.78 is 6.90. The van der Waals surface area contributed by atoms with Crippen molar-refractivity contribution in [2.75, 3.05) is 11.9 Å². The number of hydrogen-bond acceptors (Lipinski definition) is 6. The average Bonchev–Trinajstić information content (AvgIpc) is 2.77. The Kier molecular flexibility index (Phi) is 6.28. The van der Waals surface area contributed by atoms with Crippen molar-refractivity contribution >= 4 is 45.4 Å². The number of ether oxygens (including phenoxy) is 1. The first-order valence-corrected chi connectivity index (χ1v) is 10.9. The number of Topliss-reactive ketones (excluding diaryl/α,β-unsaturated/α-hetero) is 1. The van der Waals surface area contributed by atoms with Crippen molar-refractivity contribution in [3.8, 4) is 5.75 Å². The van der Waals surface area contributed by atoms with Gasteiger partial charge < -0.3 is 14.6 Å². The van der Waals surface area contributed by atoms with Gasteiger partial charge in [-0.25, -0.2) is 9.97 Å². The number of aryl methyl sites for hydroxylation is 1. The molecule has 0 fully saturated rings. The lowest BCUT2D eigenvalue weighted by Gasteiger charge is -2.18. The topological polar surface area (TPSA) is 86.1 Å². The first-order chi connectivity index (χ1) is 15.3. The summed E-state index contributed by atoms with van der Waals surface area (Å²) in [5, 5.41) is 4.47. The highest BCUT2D eigenvalue weighted by Gasteiger charge is 2.16. The quantitative estimate of drug-likeness (QED) is 0.572. The van der Waals surface area contributed by atoms with Crippen LogP contribution in [0.3, 0.4) is 0 Å². The van der Waals surface area contributed by atoms with Crippen molar-refractivity contribution in [1.82, 2.24) is 14.5 Å². The van der Waals surface area contributed by atoms with Crippen molar-refractivity contribution in [2.45, 2.75) is 33.1 Å². The SMILES string of the molecule is CC(=O)COc1cc2cc(Nc3nc(C4=CCC(C)CC4)ncc3Cl)ccc2n(C)c1=O. The molecular formula is C24H25ClN4O3. The van der Waals surface area contributed by atoms with Crippen LogP contribution < -0.4 is 15.6 Å². The van der Waals surface area contributed by atoms with E-state index in [1.807, 2.05) is 18.2 Å². The van der Waals surface area contributed by atoms with E-state index in [9.17, 15) is 9.59 Å². The van der Waals surface area contributed by atoms with Crippen molar-refractivity contribution in [3.05, 3.63) is 57.7 Å². The van der Waals surface area contributed by atoms with Gasteiger partial charge in [-0.1, -0.05) is 24.6 Å². The molecule has 0 saturated carbocycles. The molecule has 1 aromatic carbocycles. The molecule has 3 aromatic rings. The Hall–Kier alpha value is -3.19. The van der Waals surface area contributed by atoms with Crippen LogP contribution in [0.5, 0.6) is 5.75 Å². The van der Waals surface area contributed by atoms with Crippen LogP contribution in [0, 0.1) is 5.92 Å². The Morgan fingerprint density at radius 2 is 2.16 bits per heavy atom. The highest BCUT2D eigenvalue weighted by molar-refractivity contribution is 6.32. The Morgan fingerprint density at radius 1 is 1.34 bits per heavy atom. The molecule has 1 N–H and O–H groups in total. The summed E-state index contributed by atoms with van der Waals surface area (Å²) in [5.74, 6) is 1.87. The van der Waals surface area contributed by atoms with Gasteiger partial charge in [0, 0.05) is 18.1 Å². The largest absolute Gasteiger partial charge is 0.480 e. The van der Waals surface area contributed by atoms with Gasteiger partial charge in [-0.05, 0) is 61.9 Å². The van der Waals surface area contributed by atoms with E-state index in [1.165, 1.54) is 11.5 Å². The lowest BCUT2D eigenvalue weighted by molar-refractivity contribution is -0.118. The summed E-state index contributed by atoms with van der Waals surface area (Å²) in [6, 6.07) is 7.23. The zero-order valence-electron chi connectivity index (χ0n) is 18.3. The van der Waals surface area contributed by atoms with Crippen molar-refractivity contribution in [2.24, 2.45) is 13.0 Å². The molecule has 32 heavy (non-hydrogen) atoms. The molecule has 1 unspecified atom stereocenters. The molecule has 166 valence electrons. The summed E-state index contributed by atoms with van der Waals surface area (Å²) in [4.78, 5) is 32.8. The molecule has 2 aromatic heterocycles. The average molecular weight is 453 g/mol. The van der Waals surface area contributed by atoms with Gasteiger partial charge in [-0.2, -0.15) is 0 Å². The molecule has 0 bridgehead atoms. The number of benzene rings is 1. The molecule has 2 heterocycles. The molecule has 1 aliphatic rings. The standard InChI is InChI=1S/C24H25ClN4O3/c1-14-4-6-16(7-5-14)22-26-12-19(25)23(28-22)27-18-8-9-20-17(10-18)11-21(24(31)29(20)3)32-13-15(2)30/h6,8-12,14H,4-5,7,13H2,1-3H3,(H,26,27,28). The molecule has 8 heteroatoms. The van der Waals surface area contributed by atoms with E-state index in [4.69, 9.17) is 16.3 Å². The van der Waals surface area contributed by atoms with Crippen LogP contribution in [0.2, 0.25) is 5.02 Å². The summed E-state index contributed by atoms with van der Waals surface area (Å²) in [6.07, 6.45) is 6.93. The van der Waals surface area contributed by atoms with E-state index in [-0.39, 0.29) is 23.7 Å². The van der Waals surface area contributed by atoms with Gasteiger partial charge in [0.15, 0.2) is 23.2 Å². The Balaban J connectivity index is 1.66. The highest BCUT2D eigenvalue weighted by Crippen LogP contribution is 2.31. The number of rotatable bonds is 6. The van der Waals surface area contributed by atoms with Crippen LogP contribution in [0.4, 0.5) is 11.5 Å². The minimum absolute atomic E-state index is 0.133. The minimum Gasteiger partial charge on any atom is -0.480 e. The molecule has 7 nitrogen and oxygen atoms in total. The minimum atomic E-state index is -0.293. The molecule has 1 atom stereocenters. The molecule has 0 aliphatic heterocycles. The van der Waals surface area contributed by atoms with Gasteiger partial charge in [0.25, 0.3) is 5.56 Å². The molecular weight excluding hydrogens is 428 g/mol. The fourth-order valence-corrected chi connectivity index (χ4v) is 3.87. The number of aromatic nitrogens is 3. The van der Waals surface area contributed by atoms with Gasteiger partial charge in [-0.15, -0.1) is 0 Å². The Labute approximate surface area is 191 Å².